The van der Waals surface area contributed by atoms with Crippen LogP contribution in [0.15, 0.2) is 5.16 Å². The SMILES string of the molecule is [CH2]C=NOC1CC1. The van der Waals surface area contributed by atoms with Gasteiger partial charge < -0.3 is 4.84 Å². The van der Waals surface area contributed by atoms with E-state index >= 15 is 0 Å². The lowest BCUT2D eigenvalue weighted by Crippen LogP contribution is -1.81. The van der Waals surface area contributed by atoms with Gasteiger partial charge in [0.2, 0.25) is 0 Å². The smallest absolute Gasteiger partial charge is 0.127 e. The summed E-state index contributed by atoms with van der Waals surface area (Å²) in [6.07, 6.45) is 4.16. The van der Waals surface area contributed by atoms with Gasteiger partial charge in [-0.25, -0.2) is 0 Å². The molecule has 1 rings (SSSR count). The lowest BCUT2D eigenvalue weighted by atomic mass is 10.9. The predicted octanol–water partition coefficient (Wildman–Crippen LogP) is 0.985. The average molecular weight is 98.1 g/mol. The summed E-state index contributed by atoms with van der Waals surface area (Å²) in [5.74, 6) is 0. The Kier molecular flexibility index (Phi) is 1.29. The summed E-state index contributed by atoms with van der Waals surface area (Å²) >= 11 is 0. The Hall–Kier alpha value is -0.530. The van der Waals surface area contributed by atoms with Gasteiger partial charge in [-0.1, -0.05) is 5.16 Å². The van der Waals surface area contributed by atoms with Gasteiger partial charge in [-0.15, -0.1) is 0 Å². The van der Waals surface area contributed by atoms with E-state index in [9.17, 15) is 0 Å². The molecule has 1 aliphatic carbocycles. The monoisotopic (exact) mass is 98.1 g/mol. The maximum atomic E-state index is 4.81. The number of nitrogens with zero attached hydrogens (tertiary/aromatic N) is 1. The summed E-state index contributed by atoms with van der Waals surface area (Å²) in [5, 5.41) is 3.50. The largest absolute Gasteiger partial charge is 0.393 e. The molecule has 7 heavy (non-hydrogen) atoms. The van der Waals surface area contributed by atoms with Crippen LogP contribution in [0.3, 0.4) is 0 Å². The van der Waals surface area contributed by atoms with E-state index in [-0.39, 0.29) is 0 Å². The zero-order valence-electron chi connectivity index (χ0n) is 4.13. The second-order valence-corrected chi connectivity index (χ2v) is 1.59. The van der Waals surface area contributed by atoms with Crippen LogP contribution in [-0.4, -0.2) is 12.3 Å². The van der Waals surface area contributed by atoms with Gasteiger partial charge >= 0.3 is 0 Å². The van der Waals surface area contributed by atoms with Gasteiger partial charge in [-0.05, 0) is 19.8 Å². The van der Waals surface area contributed by atoms with E-state index in [1.54, 1.807) is 0 Å². The molecular formula is C5H8NO. The second-order valence-electron chi connectivity index (χ2n) is 1.59. The maximum absolute atomic E-state index is 4.81. The van der Waals surface area contributed by atoms with Crippen LogP contribution in [-0.2, 0) is 4.84 Å². The van der Waals surface area contributed by atoms with E-state index in [0.717, 1.165) is 12.8 Å². The Labute approximate surface area is 43.2 Å². The normalized spacial score (nSPS) is 20.7. The summed E-state index contributed by atoms with van der Waals surface area (Å²) in [7, 11) is 0. The molecule has 0 unspecified atom stereocenters. The average Bonchev–Trinajstić information content (AvgIpc) is 2.42. The van der Waals surface area contributed by atoms with Gasteiger partial charge in [-0.2, -0.15) is 0 Å². The van der Waals surface area contributed by atoms with Gasteiger partial charge in [-0.3, -0.25) is 0 Å². The molecule has 1 fully saturated rings. The quantitative estimate of drug-likeness (QED) is 0.372. The maximum Gasteiger partial charge on any atom is 0.127 e. The second kappa shape index (κ2) is 1.96. The minimum atomic E-state index is 0.415. The number of hydrogen-bond donors (Lipinski definition) is 0. The molecule has 0 aromatic carbocycles. The van der Waals surface area contributed by atoms with E-state index in [2.05, 4.69) is 12.1 Å². The van der Waals surface area contributed by atoms with Gasteiger partial charge in [0.05, 0.1) is 0 Å². The van der Waals surface area contributed by atoms with Crippen LogP contribution in [0, 0.1) is 6.92 Å². The molecule has 0 atom stereocenters. The van der Waals surface area contributed by atoms with Crippen molar-refractivity contribution in [2.24, 2.45) is 5.16 Å². The topological polar surface area (TPSA) is 21.6 Å². The first-order valence-corrected chi connectivity index (χ1v) is 2.40. The van der Waals surface area contributed by atoms with Crippen LogP contribution in [0.1, 0.15) is 12.8 Å². The number of rotatable bonds is 2. The molecule has 0 bridgehead atoms. The number of oxime groups is 1. The van der Waals surface area contributed by atoms with Gasteiger partial charge in [0.1, 0.15) is 6.10 Å². The van der Waals surface area contributed by atoms with Crippen LogP contribution >= 0.6 is 0 Å². The fourth-order valence-electron chi connectivity index (χ4n) is 0.303. The van der Waals surface area contributed by atoms with Crippen molar-refractivity contribution in [2.75, 3.05) is 0 Å². The molecule has 0 aromatic rings. The molecule has 1 saturated carbocycles. The Bertz CT molecular complexity index is 76.1. The molecule has 0 saturated heterocycles. The molecule has 2 nitrogen and oxygen atoms in total. The van der Waals surface area contributed by atoms with Crippen LogP contribution in [0.2, 0.25) is 0 Å². The zero-order valence-corrected chi connectivity index (χ0v) is 4.13. The standard InChI is InChI=1S/C5H8NO/c1-2-6-7-5-3-4-5/h2,5H,1,3-4H2. The van der Waals surface area contributed by atoms with Crippen molar-refractivity contribution in [3.8, 4) is 0 Å². The molecule has 2 heteroatoms. The fourth-order valence-corrected chi connectivity index (χ4v) is 0.303. The van der Waals surface area contributed by atoms with Crippen molar-refractivity contribution in [3.05, 3.63) is 6.92 Å². The zero-order chi connectivity index (χ0) is 5.11. The minimum absolute atomic E-state index is 0.415. The Morgan fingerprint density at radius 3 is 2.86 bits per heavy atom. The van der Waals surface area contributed by atoms with Crippen molar-refractivity contribution in [2.45, 2.75) is 18.9 Å². The molecule has 0 aromatic heterocycles. The van der Waals surface area contributed by atoms with E-state index in [1.807, 2.05) is 0 Å². The summed E-state index contributed by atoms with van der Waals surface area (Å²) < 4.78 is 0. The van der Waals surface area contributed by atoms with Gasteiger partial charge in [0.25, 0.3) is 0 Å². The molecule has 0 aliphatic heterocycles. The van der Waals surface area contributed by atoms with E-state index in [0.29, 0.717) is 6.10 Å². The fraction of sp³-hybridized carbons (Fsp3) is 0.600. The van der Waals surface area contributed by atoms with E-state index < -0.39 is 0 Å². The first-order chi connectivity index (χ1) is 3.43. The lowest BCUT2D eigenvalue weighted by Gasteiger charge is -1.87. The summed E-state index contributed by atoms with van der Waals surface area (Å²) in [6.45, 7) is 3.37. The number of hydrogen-bond acceptors (Lipinski definition) is 2. The van der Waals surface area contributed by atoms with Crippen molar-refractivity contribution < 1.29 is 4.84 Å². The predicted molar refractivity (Wildman–Crippen MR) is 28.0 cm³/mol. The Morgan fingerprint density at radius 1 is 1.71 bits per heavy atom. The van der Waals surface area contributed by atoms with Crippen LogP contribution in [0.5, 0.6) is 0 Å². The first-order valence-electron chi connectivity index (χ1n) is 2.40. The highest BCUT2D eigenvalue weighted by Gasteiger charge is 2.22. The van der Waals surface area contributed by atoms with Crippen molar-refractivity contribution in [3.63, 3.8) is 0 Å². The summed E-state index contributed by atoms with van der Waals surface area (Å²) in [4.78, 5) is 4.81. The Balaban J connectivity index is 1.98. The third-order valence-corrected chi connectivity index (χ3v) is 0.809. The lowest BCUT2D eigenvalue weighted by molar-refractivity contribution is 0.131. The molecule has 0 heterocycles. The highest BCUT2D eigenvalue weighted by atomic mass is 16.6. The van der Waals surface area contributed by atoms with Crippen LogP contribution < -0.4 is 0 Å². The van der Waals surface area contributed by atoms with E-state index in [1.165, 1.54) is 6.21 Å². The molecule has 0 N–H and O–H groups in total. The van der Waals surface area contributed by atoms with Crippen LogP contribution in [0.25, 0.3) is 0 Å². The summed E-state index contributed by atoms with van der Waals surface area (Å²) in [6, 6.07) is 0. The highest BCUT2D eigenvalue weighted by molar-refractivity contribution is 5.60. The van der Waals surface area contributed by atoms with Crippen molar-refractivity contribution in [1.29, 1.82) is 0 Å². The summed E-state index contributed by atoms with van der Waals surface area (Å²) in [5.41, 5.74) is 0. The Morgan fingerprint density at radius 2 is 2.43 bits per heavy atom. The molecule has 0 amide bonds. The third-order valence-electron chi connectivity index (χ3n) is 0.809. The van der Waals surface area contributed by atoms with Gasteiger partial charge in [0, 0.05) is 6.21 Å². The van der Waals surface area contributed by atoms with Crippen LogP contribution in [0.4, 0.5) is 0 Å². The van der Waals surface area contributed by atoms with Crippen molar-refractivity contribution in [1.82, 2.24) is 0 Å². The molecule has 1 aliphatic rings. The third kappa shape index (κ3) is 1.57. The molecule has 39 valence electrons. The molecular weight excluding hydrogens is 90.1 g/mol. The highest BCUT2D eigenvalue weighted by Crippen LogP contribution is 2.23. The van der Waals surface area contributed by atoms with E-state index in [4.69, 9.17) is 4.84 Å². The molecule has 0 spiro atoms. The van der Waals surface area contributed by atoms with Gasteiger partial charge in [0.15, 0.2) is 0 Å². The minimum Gasteiger partial charge on any atom is -0.393 e. The van der Waals surface area contributed by atoms with Crippen molar-refractivity contribution >= 4 is 6.21 Å². The first kappa shape index (κ1) is 4.62. The molecule has 1 radical (unpaired) electrons.